The van der Waals surface area contributed by atoms with Crippen molar-refractivity contribution in [3.8, 4) is 17.0 Å². The Morgan fingerprint density at radius 3 is 2.22 bits per heavy atom. The van der Waals surface area contributed by atoms with E-state index in [1.54, 1.807) is 7.11 Å². The van der Waals surface area contributed by atoms with Crippen molar-refractivity contribution in [3.05, 3.63) is 34.5 Å². The number of rotatable bonds is 2. The van der Waals surface area contributed by atoms with Crippen LogP contribution in [0.5, 0.6) is 5.75 Å². The fourth-order valence-electron chi connectivity index (χ4n) is 2.47. The van der Waals surface area contributed by atoms with Gasteiger partial charge in [0.1, 0.15) is 5.75 Å². The molecule has 0 saturated heterocycles. The van der Waals surface area contributed by atoms with Crippen LogP contribution >= 0.6 is 0 Å². The Bertz CT molecular complexity index is 597. The molecule has 0 fully saturated rings. The van der Waals surface area contributed by atoms with Gasteiger partial charge in [0, 0.05) is 12.6 Å². The second-order valence-electron chi connectivity index (χ2n) is 4.84. The average molecular weight is 244 g/mol. The van der Waals surface area contributed by atoms with Gasteiger partial charge in [0.05, 0.1) is 18.5 Å². The minimum Gasteiger partial charge on any atom is -0.496 e. The van der Waals surface area contributed by atoms with E-state index < -0.39 is 0 Å². The molecule has 2 aromatic rings. The first-order valence-electron chi connectivity index (χ1n) is 6.11. The average Bonchev–Trinajstić information content (AvgIpc) is 2.62. The van der Waals surface area contributed by atoms with Crippen LogP contribution in [0.2, 0.25) is 0 Å². The van der Waals surface area contributed by atoms with Crippen molar-refractivity contribution in [1.82, 2.24) is 9.78 Å². The van der Waals surface area contributed by atoms with Gasteiger partial charge in [-0.05, 0) is 50.5 Å². The molecule has 3 nitrogen and oxygen atoms in total. The molecule has 1 aromatic carbocycles. The third-order valence-electron chi connectivity index (χ3n) is 3.45. The standard InChI is InChI=1S/C15H20N2O/c1-9-7-10(2)14(15(18-6)12(9)4)13-8-11(3)16-17(13)5/h7-8H,1-6H3. The summed E-state index contributed by atoms with van der Waals surface area (Å²) in [6.07, 6.45) is 0. The number of nitrogens with zero attached hydrogens (tertiary/aromatic N) is 2. The first kappa shape index (κ1) is 12.7. The van der Waals surface area contributed by atoms with Gasteiger partial charge >= 0.3 is 0 Å². The molecule has 1 heterocycles. The molecule has 0 unspecified atom stereocenters. The van der Waals surface area contributed by atoms with E-state index in [1.807, 2.05) is 18.7 Å². The summed E-state index contributed by atoms with van der Waals surface area (Å²) in [5.41, 5.74) is 6.93. The number of benzene rings is 1. The lowest BCUT2D eigenvalue weighted by Gasteiger charge is -2.16. The van der Waals surface area contributed by atoms with Gasteiger partial charge in [-0.2, -0.15) is 5.10 Å². The summed E-state index contributed by atoms with van der Waals surface area (Å²) in [5.74, 6) is 0.954. The van der Waals surface area contributed by atoms with Crippen LogP contribution in [-0.2, 0) is 7.05 Å². The van der Waals surface area contributed by atoms with Crippen molar-refractivity contribution >= 4 is 0 Å². The van der Waals surface area contributed by atoms with Crippen LogP contribution in [0.1, 0.15) is 22.4 Å². The SMILES string of the molecule is COc1c(C)c(C)cc(C)c1-c1cc(C)nn1C. The zero-order valence-electron chi connectivity index (χ0n) is 12.0. The van der Waals surface area contributed by atoms with Crippen LogP contribution in [0.3, 0.4) is 0 Å². The minimum atomic E-state index is 0.954. The summed E-state index contributed by atoms with van der Waals surface area (Å²) in [6, 6.07) is 4.30. The maximum atomic E-state index is 5.62. The lowest BCUT2D eigenvalue weighted by atomic mass is 9.96. The molecule has 0 radical (unpaired) electrons. The van der Waals surface area contributed by atoms with Crippen LogP contribution in [0.4, 0.5) is 0 Å². The monoisotopic (exact) mass is 244 g/mol. The molecule has 3 heteroatoms. The van der Waals surface area contributed by atoms with Crippen molar-refractivity contribution in [2.75, 3.05) is 7.11 Å². The predicted molar refractivity (Wildman–Crippen MR) is 74.1 cm³/mol. The van der Waals surface area contributed by atoms with Crippen molar-refractivity contribution < 1.29 is 4.74 Å². The molecule has 0 atom stereocenters. The molecule has 0 bridgehead atoms. The highest BCUT2D eigenvalue weighted by molar-refractivity contribution is 5.74. The highest BCUT2D eigenvalue weighted by Crippen LogP contribution is 2.37. The summed E-state index contributed by atoms with van der Waals surface area (Å²) in [7, 11) is 3.70. The third kappa shape index (κ3) is 1.90. The normalized spacial score (nSPS) is 10.8. The van der Waals surface area contributed by atoms with E-state index in [2.05, 4.69) is 38.0 Å². The van der Waals surface area contributed by atoms with E-state index in [0.29, 0.717) is 0 Å². The molecule has 0 saturated carbocycles. The van der Waals surface area contributed by atoms with Crippen molar-refractivity contribution in [2.24, 2.45) is 7.05 Å². The van der Waals surface area contributed by atoms with Gasteiger partial charge in [-0.25, -0.2) is 0 Å². The quantitative estimate of drug-likeness (QED) is 0.810. The highest BCUT2D eigenvalue weighted by Gasteiger charge is 2.17. The molecule has 0 amide bonds. The van der Waals surface area contributed by atoms with Gasteiger partial charge in [0.15, 0.2) is 0 Å². The Kier molecular flexibility index (Phi) is 3.16. The molecule has 0 aliphatic heterocycles. The maximum absolute atomic E-state index is 5.62. The van der Waals surface area contributed by atoms with Gasteiger partial charge in [-0.15, -0.1) is 0 Å². The topological polar surface area (TPSA) is 27.1 Å². The Balaban J connectivity index is 2.78. The fourth-order valence-corrected chi connectivity index (χ4v) is 2.47. The van der Waals surface area contributed by atoms with E-state index in [4.69, 9.17) is 4.74 Å². The number of methoxy groups -OCH3 is 1. The number of ether oxygens (including phenoxy) is 1. The zero-order valence-corrected chi connectivity index (χ0v) is 12.0. The molecule has 2 rings (SSSR count). The lowest BCUT2D eigenvalue weighted by Crippen LogP contribution is -2.01. The molecule has 1 aromatic heterocycles. The summed E-state index contributed by atoms with van der Waals surface area (Å²) in [6.45, 7) is 8.34. The molecule has 96 valence electrons. The van der Waals surface area contributed by atoms with E-state index in [-0.39, 0.29) is 0 Å². The molecule has 18 heavy (non-hydrogen) atoms. The van der Waals surface area contributed by atoms with Crippen LogP contribution < -0.4 is 4.74 Å². The van der Waals surface area contributed by atoms with Crippen LogP contribution in [0.15, 0.2) is 12.1 Å². The molecular formula is C15H20N2O. The summed E-state index contributed by atoms with van der Waals surface area (Å²) >= 11 is 0. The molecular weight excluding hydrogens is 224 g/mol. The van der Waals surface area contributed by atoms with E-state index in [1.165, 1.54) is 16.7 Å². The largest absolute Gasteiger partial charge is 0.496 e. The van der Waals surface area contributed by atoms with Crippen LogP contribution in [0.25, 0.3) is 11.3 Å². The van der Waals surface area contributed by atoms with Gasteiger partial charge in [0.2, 0.25) is 0 Å². The maximum Gasteiger partial charge on any atom is 0.131 e. The van der Waals surface area contributed by atoms with Crippen molar-refractivity contribution in [3.63, 3.8) is 0 Å². The first-order chi connectivity index (χ1) is 8.45. The number of aromatic nitrogens is 2. The number of hydrogen-bond donors (Lipinski definition) is 0. The van der Waals surface area contributed by atoms with Gasteiger partial charge in [0.25, 0.3) is 0 Å². The second-order valence-corrected chi connectivity index (χ2v) is 4.84. The summed E-state index contributed by atoms with van der Waals surface area (Å²) < 4.78 is 7.53. The minimum absolute atomic E-state index is 0.954. The molecule has 0 aliphatic carbocycles. The van der Waals surface area contributed by atoms with Gasteiger partial charge in [-0.3, -0.25) is 4.68 Å². The van der Waals surface area contributed by atoms with E-state index in [9.17, 15) is 0 Å². The molecule has 0 N–H and O–H groups in total. The van der Waals surface area contributed by atoms with Crippen LogP contribution in [0, 0.1) is 27.7 Å². The van der Waals surface area contributed by atoms with Crippen molar-refractivity contribution in [1.29, 1.82) is 0 Å². The summed E-state index contributed by atoms with van der Waals surface area (Å²) in [5, 5.41) is 4.42. The van der Waals surface area contributed by atoms with E-state index in [0.717, 1.165) is 22.7 Å². The lowest BCUT2D eigenvalue weighted by molar-refractivity contribution is 0.412. The third-order valence-corrected chi connectivity index (χ3v) is 3.45. The highest BCUT2D eigenvalue weighted by atomic mass is 16.5. The number of aryl methyl sites for hydroxylation is 4. The summed E-state index contributed by atoms with van der Waals surface area (Å²) in [4.78, 5) is 0. The van der Waals surface area contributed by atoms with Crippen LogP contribution in [-0.4, -0.2) is 16.9 Å². The number of hydrogen-bond acceptors (Lipinski definition) is 2. The Labute approximate surface area is 108 Å². The predicted octanol–water partition coefficient (Wildman–Crippen LogP) is 3.33. The Morgan fingerprint density at radius 2 is 1.72 bits per heavy atom. The molecule has 0 spiro atoms. The van der Waals surface area contributed by atoms with Gasteiger partial charge < -0.3 is 4.74 Å². The van der Waals surface area contributed by atoms with Gasteiger partial charge in [-0.1, -0.05) is 6.07 Å². The zero-order chi connectivity index (χ0) is 13.4. The first-order valence-corrected chi connectivity index (χ1v) is 6.11. The Morgan fingerprint density at radius 1 is 1.06 bits per heavy atom. The van der Waals surface area contributed by atoms with Crippen molar-refractivity contribution in [2.45, 2.75) is 27.7 Å². The second kappa shape index (κ2) is 4.48. The Hall–Kier alpha value is -1.77. The molecule has 0 aliphatic rings. The smallest absolute Gasteiger partial charge is 0.131 e. The fraction of sp³-hybridized carbons (Fsp3) is 0.400. The van der Waals surface area contributed by atoms with E-state index >= 15 is 0 Å².